The highest BCUT2D eigenvalue weighted by atomic mass is 79.9. The van der Waals surface area contributed by atoms with Gasteiger partial charge in [0.1, 0.15) is 10.8 Å². The first-order chi connectivity index (χ1) is 10.2. The first-order valence-corrected chi connectivity index (χ1v) is 8.66. The molecular weight excluding hydrogens is 354 g/mol. The van der Waals surface area contributed by atoms with Crippen molar-refractivity contribution >= 4 is 33.2 Å². The lowest BCUT2D eigenvalue weighted by atomic mass is 10.2. The van der Waals surface area contributed by atoms with Crippen molar-refractivity contribution in [1.82, 2.24) is 4.98 Å². The van der Waals surface area contributed by atoms with E-state index in [4.69, 9.17) is 9.47 Å². The van der Waals surface area contributed by atoms with Crippen molar-refractivity contribution in [2.75, 3.05) is 18.5 Å². The van der Waals surface area contributed by atoms with Gasteiger partial charge in [0.15, 0.2) is 5.69 Å². The number of alkyl halides is 1. The number of hydrogen-bond acceptors (Lipinski definition) is 5. The second-order valence-electron chi connectivity index (χ2n) is 4.17. The van der Waals surface area contributed by atoms with Crippen molar-refractivity contribution in [3.8, 4) is 16.3 Å². The molecule has 0 bridgehead atoms. The van der Waals surface area contributed by atoms with Crippen molar-refractivity contribution in [2.45, 2.75) is 13.3 Å². The minimum Gasteiger partial charge on any atom is -0.494 e. The number of halogens is 1. The van der Waals surface area contributed by atoms with Gasteiger partial charge in [0.25, 0.3) is 0 Å². The Kier molecular flexibility index (Phi) is 6.20. The Hall–Kier alpha value is -1.40. The first-order valence-electron chi connectivity index (χ1n) is 6.66. The third-order valence-electron chi connectivity index (χ3n) is 2.64. The summed E-state index contributed by atoms with van der Waals surface area (Å²) in [6.45, 7) is 2.82. The van der Waals surface area contributed by atoms with E-state index in [1.807, 2.05) is 24.3 Å². The van der Waals surface area contributed by atoms with Crippen LogP contribution in [0.3, 0.4) is 0 Å². The van der Waals surface area contributed by atoms with E-state index >= 15 is 0 Å². The fraction of sp³-hybridized carbons (Fsp3) is 0.333. The molecule has 0 saturated heterocycles. The molecule has 0 radical (unpaired) electrons. The number of carbonyl (C=O) groups is 1. The van der Waals surface area contributed by atoms with E-state index in [1.54, 1.807) is 12.3 Å². The molecule has 1 heterocycles. The van der Waals surface area contributed by atoms with Crippen LogP contribution in [-0.4, -0.2) is 29.5 Å². The first kappa shape index (κ1) is 16.0. The number of aromatic nitrogens is 1. The molecule has 0 spiro atoms. The molecule has 0 amide bonds. The summed E-state index contributed by atoms with van der Waals surface area (Å²) in [5.41, 5.74) is 1.32. The van der Waals surface area contributed by atoms with E-state index in [0.29, 0.717) is 18.9 Å². The molecule has 0 N–H and O–H groups in total. The molecule has 0 atom stereocenters. The number of benzene rings is 1. The zero-order valence-electron chi connectivity index (χ0n) is 11.7. The number of nitrogens with zero attached hydrogens (tertiary/aromatic N) is 1. The third kappa shape index (κ3) is 4.54. The van der Waals surface area contributed by atoms with Gasteiger partial charge in [0.2, 0.25) is 0 Å². The number of rotatable bonds is 7. The lowest BCUT2D eigenvalue weighted by molar-refractivity contribution is 0.0520. The van der Waals surface area contributed by atoms with E-state index in [1.165, 1.54) is 11.3 Å². The topological polar surface area (TPSA) is 48.4 Å². The van der Waals surface area contributed by atoms with Crippen molar-refractivity contribution in [3.05, 3.63) is 35.3 Å². The van der Waals surface area contributed by atoms with Crippen molar-refractivity contribution < 1.29 is 14.3 Å². The molecular formula is C15H16BrNO3S. The Labute approximate surface area is 136 Å². The Bertz CT molecular complexity index is 583. The number of hydrogen-bond donors (Lipinski definition) is 0. The average molecular weight is 370 g/mol. The second kappa shape index (κ2) is 8.14. The lowest BCUT2D eigenvalue weighted by Gasteiger charge is -2.05. The van der Waals surface area contributed by atoms with Crippen LogP contribution in [0.15, 0.2) is 29.6 Å². The highest BCUT2D eigenvalue weighted by molar-refractivity contribution is 9.09. The molecule has 0 fully saturated rings. The zero-order chi connectivity index (χ0) is 15.1. The maximum Gasteiger partial charge on any atom is 0.357 e. The number of carbonyl (C=O) groups excluding carboxylic acids is 1. The second-order valence-corrected chi connectivity index (χ2v) is 5.82. The highest BCUT2D eigenvalue weighted by Gasteiger charge is 2.12. The average Bonchev–Trinajstić information content (AvgIpc) is 2.98. The van der Waals surface area contributed by atoms with Gasteiger partial charge in [-0.15, -0.1) is 11.3 Å². The molecule has 0 aliphatic heterocycles. The van der Waals surface area contributed by atoms with Crippen LogP contribution in [0.25, 0.3) is 10.6 Å². The minimum absolute atomic E-state index is 0.353. The smallest absolute Gasteiger partial charge is 0.357 e. The molecule has 1 aromatic heterocycles. The molecule has 2 rings (SSSR count). The maximum absolute atomic E-state index is 11.6. The van der Waals surface area contributed by atoms with Crippen LogP contribution in [0.2, 0.25) is 0 Å². The van der Waals surface area contributed by atoms with Crippen molar-refractivity contribution in [2.24, 2.45) is 0 Å². The molecule has 21 heavy (non-hydrogen) atoms. The van der Waals surface area contributed by atoms with Crippen LogP contribution in [-0.2, 0) is 4.74 Å². The SMILES string of the molecule is CCOC(=O)c1csc(-c2ccc(OCCCBr)cc2)n1. The van der Waals surface area contributed by atoms with Gasteiger partial charge in [-0.25, -0.2) is 9.78 Å². The summed E-state index contributed by atoms with van der Waals surface area (Å²) < 4.78 is 10.5. The van der Waals surface area contributed by atoms with Gasteiger partial charge in [-0.1, -0.05) is 15.9 Å². The number of esters is 1. The normalized spacial score (nSPS) is 10.4. The maximum atomic E-state index is 11.6. The van der Waals surface area contributed by atoms with Gasteiger partial charge in [0.05, 0.1) is 13.2 Å². The molecule has 0 saturated carbocycles. The summed E-state index contributed by atoms with van der Waals surface area (Å²) in [7, 11) is 0. The molecule has 1 aromatic carbocycles. The molecule has 0 aliphatic carbocycles. The predicted molar refractivity (Wildman–Crippen MR) is 87.4 cm³/mol. The molecule has 0 aliphatic rings. The fourth-order valence-electron chi connectivity index (χ4n) is 1.64. The highest BCUT2D eigenvalue weighted by Crippen LogP contribution is 2.26. The third-order valence-corrected chi connectivity index (χ3v) is 4.09. The van der Waals surface area contributed by atoms with Crippen LogP contribution >= 0.6 is 27.3 Å². The quantitative estimate of drug-likeness (QED) is 0.417. The Morgan fingerprint density at radius 3 is 2.76 bits per heavy atom. The Balaban J connectivity index is 2.03. The molecule has 112 valence electrons. The van der Waals surface area contributed by atoms with E-state index in [9.17, 15) is 4.79 Å². The van der Waals surface area contributed by atoms with Crippen LogP contribution < -0.4 is 4.74 Å². The lowest BCUT2D eigenvalue weighted by Crippen LogP contribution is -2.04. The molecule has 0 unspecified atom stereocenters. The summed E-state index contributed by atoms with van der Waals surface area (Å²) in [4.78, 5) is 15.9. The monoisotopic (exact) mass is 369 g/mol. The van der Waals surface area contributed by atoms with Gasteiger partial charge >= 0.3 is 5.97 Å². The van der Waals surface area contributed by atoms with Crippen LogP contribution in [0.1, 0.15) is 23.8 Å². The van der Waals surface area contributed by atoms with E-state index in [0.717, 1.165) is 28.1 Å². The summed E-state index contributed by atoms with van der Waals surface area (Å²) in [6, 6.07) is 7.71. The van der Waals surface area contributed by atoms with Crippen LogP contribution in [0.4, 0.5) is 0 Å². The Morgan fingerprint density at radius 1 is 1.33 bits per heavy atom. The predicted octanol–water partition coefficient (Wildman–Crippen LogP) is 4.15. The van der Waals surface area contributed by atoms with Crippen LogP contribution in [0, 0.1) is 0 Å². The zero-order valence-corrected chi connectivity index (χ0v) is 14.1. The summed E-state index contributed by atoms with van der Waals surface area (Å²) in [6.07, 6.45) is 0.969. The van der Waals surface area contributed by atoms with Crippen LogP contribution in [0.5, 0.6) is 5.75 Å². The van der Waals surface area contributed by atoms with Crippen molar-refractivity contribution in [3.63, 3.8) is 0 Å². The number of thiazole rings is 1. The van der Waals surface area contributed by atoms with Crippen molar-refractivity contribution in [1.29, 1.82) is 0 Å². The van der Waals surface area contributed by atoms with Gasteiger partial charge in [-0.3, -0.25) is 0 Å². The largest absolute Gasteiger partial charge is 0.494 e. The summed E-state index contributed by atoms with van der Waals surface area (Å²) in [5, 5.41) is 3.44. The molecule has 6 heteroatoms. The van der Waals surface area contributed by atoms with E-state index in [-0.39, 0.29) is 5.97 Å². The van der Waals surface area contributed by atoms with Gasteiger partial charge in [0, 0.05) is 16.3 Å². The van der Waals surface area contributed by atoms with E-state index in [2.05, 4.69) is 20.9 Å². The standard InChI is InChI=1S/C15H16BrNO3S/c1-2-19-15(18)13-10-21-14(17-13)11-4-6-12(7-5-11)20-9-3-8-16/h4-7,10H,2-3,8-9H2,1H3. The summed E-state index contributed by atoms with van der Waals surface area (Å²) >= 11 is 4.79. The van der Waals surface area contributed by atoms with E-state index < -0.39 is 0 Å². The van der Waals surface area contributed by atoms with Gasteiger partial charge in [-0.05, 0) is 37.6 Å². The summed E-state index contributed by atoms with van der Waals surface area (Å²) in [5.74, 6) is 0.455. The molecule has 4 nitrogen and oxygen atoms in total. The molecule has 2 aromatic rings. The number of ether oxygens (including phenoxy) is 2. The van der Waals surface area contributed by atoms with Gasteiger partial charge in [-0.2, -0.15) is 0 Å². The fourth-order valence-corrected chi connectivity index (χ4v) is 2.67. The van der Waals surface area contributed by atoms with Gasteiger partial charge < -0.3 is 9.47 Å². The minimum atomic E-state index is -0.380. The Morgan fingerprint density at radius 2 is 2.10 bits per heavy atom.